The third-order valence-corrected chi connectivity index (χ3v) is 5.47. The molecule has 0 aliphatic carbocycles. The highest BCUT2D eigenvalue weighted by Crippen LogP contribution is 2.33. The molecule has 5 nitrogen and oxygen atoms in total. The highest BCUT2D eigenvalue weighted by Gasteiger charge is 2.30. The van der Waals surface area contributed by atoms with Crippen LogP contribution < -0.4 is 4.74 Å². The molecule has 0 N–H and O–H groups in total. The zero-order chi connectivity index (χ0) is 19.6. The van der Waals surface area contributed by atoms with Crippen LogP contribution >= 0.6 is 0 Å². The second kappa shape index (κ2) is 8.15. The SMILES string of the molecule is COc1ccc([C@@H]2CCCN2C(=O)Cc2c(C)nn(CC(C)C)c2C)cc1. The number of likely N-dealkylation sites (tertiary alicyclic amines) is 1. The molecule has 146 valence electrons. The van der Waals surface area contributed by atoms with Crippen LogP contribution in [0.3, 0.4) is 0 Å². The summed E-state index contributed by atoms with van der Waals surface area (Å²) < 4.78 is 7.30. The Balaban J connectivity index is 1.76. The van der Waals surface area contributed by atoms with Crippen molar-refractivity contribution in [3.8, 4) is 5.75 Å². The highest BCUT2D eigenvalue weighted by molar-refractivity contribution is 5.80. The van der Waals surface area contributed by atoms with E-state index in [0.717, 1.165) is 48.6 Å². The van der Waals surface area contributed by atoms with Gasteiger partial charge in [0.2, 0.25) is 5.91 Å². The van der Waals surface area contributed by atoms with E-state index in [2.05, 4.69) is 38.0 Å². The van der Waals surface area contributed by atoms with Gasteiger partial charge in [-0.3, -0.25) is 9.48 Å². The molecule has 0 bridgehead atoms. The van der Waals surface area contributed by atoms with Crippen molar-refractivity contribution in [1.82, 2.24) is 14.7 Å². The first-order chi connectivity index (χ1) is 12.9. The van der Waals surface area contributed by atoms with E-state index in [1.54, 1.807) is 7.11 Å². The van der Waals surface area contributed by atoms with Gasteiger partial charge in [0.25, 0.3) is 0 Å². The Morgan fingerprint density at radius 1 is 1.26 bits per heavy atom. The van der Waals surface area contributed by atoms with Gasteiger partial charge < -0.3 is 9.64 Å². The van der Waals surface area contributed by atoms with Gasteiger partial charge in [0.05, 0.1) is 25.3 Å². The normalized spacial score (nSPS) is 17.0. The Morgan fingerprint density at radius 3 is 2.59 bits per heavy atom. The maximum atomic E-state index is 13.1. The second-order valence-corrected chi connectivity index (χ2v) is 7.92. The first kappa shape index (κ1) is 19.5. The van der Waals surface area contributed by atoms with Crippen molar-refractivity contribution < 1.29 is 9.53 Å². The van der Waals surface area contributed by atoms with Crippen LogP contribution in [0, 0.1) is 19.8 Å². The summed E-state index contributed by atoms with van der Waals surface area (Å²) in [6, 6.07) is 8.26. The Morgan fingerprint density at radius 2 is 1.96 bits per heavy atom. The van der Waals surface area contributed by atoms with E-state index >= 15 is 0 Å². The number of nitrogens with zero attached hydrogens (tertiary/aromatic N) is 3. The Labute approximate surface area is 162 Å². The first-order valence-corrected chi connectivity index (χ1v) is 9.87. The number of rotatable bonds is 6. The van der Waals surface area contributed by atoms with E-state index in [-0.39, 0.29) is 11.9 Å². The van der Waals surface area contributed by atoms with Gasteiger partial charge in [-0.1, -0.05) is 26.0 Å². The lowest BCUT2D eigenvalue weighted by Gasteiger charge is -2.25. The van der Waals surface area contributed by atoms with Gasteiger partial charge in [-0.25, -0.2) is 0 Å². The number of benzene rings is 1. The number of ether oxygens (including phenoxy) is 1. The maximum absolute atomic E-state index is 13.1. The molecular weight excluding hydrogens is 338 g/mol. The highest BCUT2D eigenvalue weighted by atomic mass is 16.5. The standard InChI is InChI=1S/C22H31N3O2/c1-15(2)14-25-17(4)20(16(3)23-25)13-22(26)24-12-6-7-21(24)18-8-10-19(27-5)11-9-18/h8-11,15,21H,6-7,12-14H2,1-5H3/t21-/m0/s1. The molecule has 1 aliphatic heterocycles. The largest absolute Gasteiger partial charge is 0.497 e. The molecule has 0 spiro atoms. The molecule has 1 saturated heterocycles. The second-order valence-electron chi connectivity index (χ2n) is 7.92. The van der Waals surface area contributed by atoms with E-state index in [1.165, 1.54) is 5.56 Å². The van der Waals surface area contributed by atoms with Crippen LogP contribution in [0.15, 0.2) is 24.3 Å². The van der Waals surface area contributed by atoms with E-state index in [1.807, 2.05) is 28.6 Å². The summed E-state index contributed by atoms with van der Waals surface area (Å²) >= 11 is 0. The lowest BCUT2D eigenvalue weighted by Crippen LogP contribution is -2.32. The monoisotopic (exact) mass is 369 g/mol. The topological polar surface area (TPSA) is 47.4 Å². The lowest BCUT2D eigenvalue weighted by molar-refractivity contribution is -0.131. The zero-order valence-electron chi connectivity index (χ0n) is 17.2. The number of hydrogen-bond acceptors (Lipinski definition) is 3. The van der Waals surface area contributed by atoms with Crippen molar-refractivity contribution in [2.24, 2.45) is 5.92 Å². The van der Waals surface area contributed by atoms with Crippen LogP contribution in [0.2, 0.25) is 0 Å². The summed E-state index contributed by atoms with van der Waals surface area (Å²) in [5.74, 6) is 1.58. The van der Waals surface area contributed by atoms with Crippen LogP contribution in [0.4, 0.5) is 0 Å². The Bertz CT molecular complexity index is 793. The number of aryl methyl sites for hydroxylation is 1. The smallest absolute Gasteiger partial charge is 0.227 e. The van der Waals surface area contributed by atoms with E-state index < -0.39 is 0 Å². The van der Waals surface area contributed by atoms with Gasteiger partial charge in [0, 0.05) is 24.3 Å². The number of carbonyl (C=O) groups excluding carboxylic acids is 1. The van der Waals surface area contributed by atoms with Crippen molar-refractivity contribution in [2.75, 3.05) is 13.7 Å². The number of methoxy groups -OCH3 is 1. The summed E-state index contributed by atoms with van der Waals surface area (Å²) in [6.07, 6.45) is 2.50. The summed E-state index contributed by atoms with van der Waals surface area (Å²) in [4.78, 5) is 15.2. The predicted molar refractivity (Wildman–Crippen MR) is 107 cm³/mol. The average Bonchev–Trinajstić information content (AvgIpc) is 3.22. The van der Waals surface area contributed by atoms with E-state index in [0.29, 0.717) is 12.3 Å². The minimum absolute atomic E-state index is 0.162. The molecule has 1 amide bonds. The van der Waals surface area contributed by atoms with Crippen molar-refractivity contribution in [2.45, 2.75) is 59.5 Å². The van der Waals surface area contributed by atoms with Gasteiger partial charge in [0.1, 0.15) is 5.75 Å². The predicted octanol–water partition coefficient (Wildman–Crippen LogP) is 4.07. The lowest BCUT2D eigenvalue weighted by atomic mass is 10.0. The minimum Gasteiger partial charge on any atom is -0.497 e. The maximum Gasteiger partial charge on any atom is 0.227 e. The molecule has 27 heavy (non-hydrogen) atoms. The summed E-state index contributed by atoms with van der Waals surface area (Å²) in [7, 11) is 1.67. The molecule has 5 heteroatoms. The van der Waals surface area contributed by atoms with Crippen molar-refractivity contribution >= 4 is 5.91 Å². The fourth-order valence-corrected chi connectivity index (χ4v) is 4.00. The fraction of sp³-hybridized carbons (Fsp3) is 0.545. The molecule has 1 atom stereocenters. The van der Waals surface area contributed by atoms with E-state index in [4.69, 9.17) is 4.74 Å². The van der Waals surface area contributed by atoms with Crippen molar-refractivity contribution in [1.29, 1.82) is 0 Å². The molecular formula is C22H31N3O2. The molecule has 2 heterocycles. The van der Waals surface area contributed by atoms with Crippen LogP contribution in [0.1, 0.15) is 55.2 Å². The summed E-state index contributed by atoms with van der Waals surface area (Å²) in [5.41, 5.74) is 4.36. The molecule has 2 aromatic rings. The quantitative estimate of drug-likeness (QED) is 0.771. The minimum atomic E-state index is 0.162. The van der Waals surface area contributed by atoms with Crippen molar-refractivity contribution in [3.05, 3.63) is 46.8 Å². The zero-order valence-corrected chi connectivity index (χ0v) is 17.2. The van der Waals surface area contributed by atoms with Gasteiger partial charge in [-0.15, -0.1) is 0 Å². The van der Waals surface area contributed by atoms with Crippen LogP contribution in [0.5, 0.6) is 5.75 Å². The number of hydrogen-bond donors (Lipinski definition) is 0. The van der Waals surface area contributed by atoms with Gasteiger partial charge in [-0.05, 0) is 50.3 Å². The van der Waals surface area contributed by atoms with Gasteiger partial charge in [-0.2, -0.15) is 5.10 Å². The molecule has 0 radical (unpaired) electrons. The third-order valence-electron chi connectivity index (χ3n) is 5.47. The van der Waals surface area contributed by atoms with Crippen LogP contribution in [-0.4, -0.2) is 34.2 Å². The van der Waals surface area contributed by atoms with Crippen molar-refractivity contribution in [3.63, 3.8) is 0 Å². The van der Waals surface area contributed by atoms with E-state index in [9.17, 15) is 4.79 Å². The Hall–Kier alpha value is -2.30. The third kappa shape index (κ3) is 4.18. The molecule has 1 fully saturated rings. The summed E-state index contributed by atoms with van der Waals surface area (Å²) in [6.45, 7) is 10.2. The molecule has 3 rings (SSSR count). The number of amides is 1. The molecule has 1 aromatic heterocycles. The molecule has 1 aromatic carbocycles. The Kier molecular flexibility index (Phi) is 5.88. The first-order valence-electron chi connectivity index (χ1n) is 9.87. The van der Waals surface area contributed by atoms with Gasteiger partial charge >= 0.3 is 0 Å². The number of aromatic nitrogens is 2. The van der Waals surface area contributed by atoms with Gasteiger partial charge in [0.15, 0.2) is 0 Å². The molecule has 0 saturated carbocycles. The molecule has 1 aliphatic rings. The fourth-order valence-electron chi connectivity index (χ4n) is 4.00. The average molecular weight is 370 g/mol. The number of carbonyl (C=O) groups is 1. The van der Waals surface area contributed by atoms with Crippen LogP contribution in [0.25, 0.3) is 0 Å². The van der Waals surface area contributed by atoms with Crippen LogP contribution in [-0.2, 0) is 17.8 Å². The summed E-state index contributed by atoms with van der Waals surface area (Å²) in [5, 5.41) is 4.66. The molecule has 0 unspecified atom stereocenters.